The van der Waals surface area contributed by atoms with Crippen LogP contribution in [0.4, 0.5) is 20.1 Å². The third kappa shape index (κ3) is 22.6. The molecule has 428 valence electrons. The highest BCUT2D eigenvalue weighted by atomic mass is 32.2. The number of ether oxygens (including phenoxy) is 7. The highest BCUT2D eigenvalue weighted by Crippen LogP contribution is 2.28. The third-order valence-corrected chi connectivity index (χ3v) is 11.6. The number of guanidine groups is 1. The van der Waals surface area contributed by atoms with E-state index < -0.39 is 106 Å². The van der Waals surface area contributed by atoms with Gasteiger partial charge in [0.25, 0.3) is 0 Å². The Morgan fingerprint density at radius 3 is 1.67 bits per heavy atom. The molecule has 0 bridgehead atoms. The summed E-state index contributed by atoms with van der Waals surface area (Å²) >= 11 is 0. The number of nitrogens with one attached hydrogen (secondary N) is 2. The zero-order valence-corrected chi connectivity index (χ0v) is 48.3. The van der Waals surface area contributed by atoms with Crippen molar-refractivity contribution in [3.63, 3.8) is 0 Å². The van der Waals surface area contributed by atoms with Gasteiger partial charge in [0.1, 0.15) is 46.4 Å². The Balaban J connectivity index is 1.73. The van der Waals surface area contributed by atoms with E-state index in [-0.39, 0.29) is 46.3 Å². The minimum Gasteiger partial charge on any atom is -0.460 e. The van der Waals surface area contributed by atoms with Gasteiger partial charge in [0.15, 0.2) is 0 Å². The topological polar surface area (TPSA) is 261 Å². The van der Waals surface area contributed by atoms with Gasteiger partial charge in [0.2, 0.25) is 5.96 Å². The molecule has 3 amide bonds. The molecule has 0 heterocycles. The lowest BCUT2D eigenvalue weighted by atomic mass is 10.1. The van der Waals surface area contributed by atoms with Crippen molar-refractivity contribution in [1.82, 2.24) is 13.9 Å². The van der Waals surface area contributed by atoms with Crippen molar-refractivity contribution < 1.29 is 75.1 Å². The molecular formula is C57H73N5O16S. The maximum atomic E-state index is 15.5. The molecule has 0 aliphatic heterocycles. The Hall–Kier alpha value is -7.85. The predicted octanol–water partition coefficient (Wildman–Crippen LogP) is 10.4. The summed E-state index contributed by atoms with van der Waals surface area (Å²) in [5, 5.41) is 5.17. The van der Waals surface area contributed by atoms with Crippen molar-refractivity contribution in [3.8, 4) is 5.75 Å². The molecule has 21 nitrogen and oxygen atoms in total. The van der Waals surface area contributed by atoms with Gasteiger partial charge in [0, 0.05) is 12.2 Å². The number of anilines is 1. The number of aliphatic imine (C=N–C) groups is 1. The summed E-state index contributed by atoms with van der Waals surface area (Å²) in [6.45, 7) is 22.6. The van der Waals surface area contributed by atoms with Crippen molar-refractivity contribution in [2.75, 3.05) is 5.32 Å². The molecular weight excluding hydrogens is 1040 g/mol. The average Bonchev–Trinajstić information content (AvgIpc) is 3.33. The first-order valence-electron chi connectivity index (χ1n) is 25.1. The van der Waals surface area contributed by atoms with E-state index in [1.165, 1.54) is 72.8 Å². The predicted molar refractivity (Wildman–Crippen MR) is 293 cm³/mol. The average molecular weight is 1120 g/mol. The number of rotatable bonds is 16. The van der Waals surface area contributed by atoms with Gasteiger partial charge < -0.3 is 38.5 Å². The second kappa shape index (κ2) is 26.2. The molecule has 0 aliphatic rings. The molecule has 0 radical (unpaired) electrons. The van der Waals surface area contributed by atoms with Crippen LogP contribution in [0, 0.1) is 0 Å². The normalized spacial score (nSPS) is 12.8. The number of hydrogen-bond donors (Lipinski definition) is 2. The molecule has 0 aliphatic carbocycles. The van der Waals surface area contributed by atoms with Gasteiger partial charge in [-0.3, -0.25) is 14.9 Å². The Morgan fingerprint density at radius 2 is 1.11 bits per heavy atom. The largest absolute Gasteiger partial charge is 0.460 e. The summed E-state index contributed by atoms with van der Waals surface area (Å²) in [5.74, 6) is -3.96. The van der Waals surface area contributed by atoms with Gasteiger partial charge in [0.05, 0.1) is 24.1 Å². The lowest BCUT2D eigenvalue weighted by molar-refractivity contribution is -0.167. The molecule has 4 aromatic rings. The fourth-order valence-corrected chi connectivity index (χ4v) is 8.32. The first-order chi connectivity index (χ1) is 36.3. The Labute approximate surface area is 462 Å². The highest BCUT2D eigenvalue weighted by Gasteiger charge is 2.45. The number of alkyl carbamates (subject to hydrolysis) is 1. The molecule has 2 N–H and O–H groups in total. The molecule has 1 unspecified atom stereocenters. The van der Waals surface area contributed by atoms with Crippen molar-refractivity contribution in [2.45, 2.75) is 164 Å². The number of amides is 3. The minimum atomic E-state index is -5.30. The number of hydrogen-bond acceptors (Lipinski definition) is 16. The third-order valence-electron chi connectivity index (χ3n) is 9.75. The van der Waals surface area contributed by atoms with E-state index in [2.05, 4.69) is 15.6 Å². The van der Waals surface area contributed by atoms with Crippen molar-refractivity contribution in [2.24, 2.45) is 4.99 Å². The molecule has 0 saturated carbocycles. The van der Waals surface area contributed by atoms with Crippen molar-refractivity contribution in [1.29, 1.82) is 0 Å². The number of carbonyl (C=O) groups excluding carboxylic acids is 7. The van der Waals surface area contributed by atoms with Crippen LogP contribution in [0.25, 0.3) is 0 Å². The second-order valence-electron chi connectivity index (χ2n) is 22.9. The van der Waals surface area contributed by atoms with Crippen LogP contribution < -0.4 is 15.4 Å². The van der Waals surface area contributed by atoms with E-state index in [9.17, 15) is 33.6 Å². The maximum Gasteiger partial charge on any atom is 0.437 e. The Morgan fingerprint density at radius 1 is 0.557 bits per heavy atom. The minimum absolute atomic E-state index is 0.0131. The van der Waals surface area contributed by atoms with Gasteiger partial charge in [-0.15, -0.1) is 4.99 Å². The van der Waals surface area contributed by atoms with E-state index in [4.69, 9.17) is 33.2 Å². The standard InChI is InChI=1S/C57H73N5O16S/c1-53(2,3)74-45(63)33-44(48(66)76-55(7,8)9)61(35-39-22-19-23-41(32-39)47(65)75-54(4,5)6)79(70,71)62(52(69)72-36-38-20-17-16-18-21-38)34-37-24-30-43(31-25-37)73-46(64)40-26-28-42(29-27-40)58-49(59-50(67)77-56(10,11)12)60-51(68)78-57(13,14)15/h16-32,44H,33-36H2,1-15H3,(H2,58,59,60,67,68). The van der Waals surface area contributed by atoms with Crippen LogP contribution in [0.3, 0.4) is 0 Å². The van der Waals surface area contributed by atoms with Crippen LogP contribution in [0.5, 0.6) is 5.75 Å². The lowest BCUT2D eigenvalue weighted by Gasteiger charge is -2.35. The van der Waals surface area contributed by atoms with Crippen LogP contribution >= 0.6 is 0 Å². The van der Waals surface area contributed by atoms with Gasteiger partial charge >= 0.3 is 52.4 Å². The fraction of sp³-hybridized carbons (Fsp3) is 0.439. The molecule has 79 heavy (non-hydrogen) atoms. The van der Waals surface area contributed by atoms with E-state index in [0.717, 1.165) is 0 Å². The van der Waals surface area contributed by atoms with Crippen LogP contribution in [0.1, 0.15) is 148 Å². The Kier molecular flexibility index (Phi) is 21.1. The van der Waals surface area contributed by atoms with E-state index in [1.54, 1.807) is 134 Å². The van der Waals surface area contributed by atoms with E-state index in [1.807, 2.05) is 0 Å². The Bertz CT molecular complexity index is 2950. The molecule has 4 aromatic carbocycles. The van der Waals surface area contributed by atoms with E-state index in [0.29, 0.717) is 14.2 Å². The summed E-state index contributed by atoms with van der Waals surface area (Å²) < 4.78 is 70.7. The second-order valence-corrected chi connectivity index (χ2v) is 24.8. The van der Waals surface area contributed by atoms with Crippen LogP contribution in [-0.2, 0) is 67.9 Å². The molecule has 1 atom stereocenters. The number of benzene rings is 4. The van der Waals surface area contributed by atoms with Gasteiger partial charge in [-0.2, -0.15) is 17.0 Å². The molecule has 0 saturated heterocycles. The zero-order chi connectivity index (χ0) is 59.3. The maximum absolute atomic E-state index is 15.5. The molecule has 0 spiro atoms. The van der Waals surface area contributed by atoms with Gasteiger partial charge in [-0.05, 0) is 169 Å². The number of nitrogens with zero attached hydrogens (tertiary/aromatic N) is 3. The van der Waals surface area contributed by atoms with Crippen LogP contribution in [0.2, 0.25) is 0 Å². The van der Waals surface area contributed by atoms with Gasteiger partial charge in [-0.25, -0.2) is 24.0 Å². The molecule has 4 rings (SSSR count). The smallest absolute Gasteiger partial charge is 0.437 e. The van der Waals surface area contributed by atoms with Crippen LogP contribution in [0.15, 0.2) is 108 Å². The fourth-order valence-electron chi connectivity index (χ4n) is 6.72. The molecule has 22 heteroatoms. The van der Waals surface area contributed by atoms with E-state index >= 15 is 8.42 Å². The quantitative estimate of drug-likeness (QED) is 0.0347. The summed E-state index contributed by atoms with van der Waals surface area (Å²) in [5.41, 5.74) is -3.64. The zero-order valence-electron chi connectivity index (χ0n) is 47.5. The summed E-state index contributed by atoms with van der Waals surface area (Å²) in [4.78, 5) is 98.0. The highest BCUT2D eigenvalue weighted by molar-refractivity contribution is 7.87. The monoisotopic (exact) mass is 1120 g/mol. The number of carbonyl (C=O) groups is 7. The summed E-state index contributed by atoms with van der Waals surface area (Å²) in [7, 11) is -5.30. The van der Waals surface area contributed by atoms with Crippen LogP contribution in [-0.4, -0.2) is 99.2 Å². The summed E-state index contributed by atoms with van der Waals surface area (Å²) in [6.07, 6.45) is -4.14. The first-order valence-corrected chi connectivity index (χ1v) is 26.5. The molecule has 0 fully saturated rings. The van der Waals surface area contributed by atoms with Crippen molar-refractivity contribution in [3.05, 3.63) is 131 Å². The first kappa shape index (κ1) is 63.7. The SMILES string of the molecule is CC(C)(C)OC(=O)CC(C(=O)OC(C)(C)C)N(Cc1cccc(C(=O)OC(C)(C)C)c1)S(=O)(=O)N(Cc1ccc(OC(=O)c2ccc(NC(=NC(=O)OC(C)(C)C)NC(=O)OC(C)(C)C)cc2)cc1)C(=O)OCc1ccccc1. The molecule has 0 aromatic heterocycles. The summed E-state index contributed by atoms with van der Waals surface area (Å²) in [6, 6.07) is 23.5. The van der Waals surface area contributed by atoms with Crippen molar-refractivity contribution >= 4 is 64.0 Å². The number of esters is 4. The van der Waals surface area contributed by atoms with Gasteiger partial charge in [-0.1, -0.05) is 54.6 Å². The lowest BCUT2D eigenvalue weighted by Crippen LogP contribution is -2.54.